The van der Waals surface area contributed by atoms with Gasteiger partial charge in [-0.3, -0.25) is 4.79 Å². The molecular formula is C21H24N4O5S2. The van der Waals surface area contributed by atoms with Crippen LogP contribution in [0, 0.1) is 13.8 Å². The topological polar surface area (TPSA) is 108 Å². The number of hydrogen-bond acceptors (Lipinski definition) is 8. The predicted molar refractivity (Wildman–Crippen MR) is 119 cm³/mol. The Morgan fingerprint density at radius 3 is 2.59 bits per heavy atom. The van der Waals surface area contributed by atoms with Gasteiger partial charge in [-0.25, -0.2) is 8.42 Å². The van der Waals surface area contributed by atoms with Crippen LogP contribution in [0.2, 0.25) is 0 Å². The van der Waals surface area contributed by atoms with Gasteiger partial charge in [0.2, 0.25) is 15.9 Å². The summed E-state index contributed by atoms with van der Waals surface area (Å²) in [6.07, 6.45) is 0. The third-order valence-electron chi connectivity index (χ3n) is 5.50. The van der Waals surface area contributed by atoms with Gasteiger partial charge in [0.1, 0.15) is 0 Å². The fourth-order valence-corrected chi connectivity index (χ4v) is 5.55. The van der Waals surface area contributed by atoms with E-state index in [1.165, 1.54) is 10.4 Å². The van der Waals surface area contributed by atoms with Gasteiger partial charge in [0.05, 0.1) is 23.9 Å². The van der Waals surface area contributed by atoms with Crippen LogP contribution in [0.25, 0.3) is 11.5 Å². The predicted octanol–water partition coefficient (Wildman–Crippen LogP) is 2.69. The first-order valence-corrected chi connectivity index (χ1v) is 12.5. The number of thioether (sulfide) groups is 1. The monoisotopic (exact) mass is 476 g/mol. The Hall–Kier alpha value is -2.47. The van der Waals surface area contributed by atoms with E-state index in [9.17, 15) is 13.2 Å². The number of sulfonamides is 1. The van der Waals surface area contributed by atoms with Crippen LogP contribution in [0.5, 0.6) is 0 Å². The average Bonchev–Trinajstić information content (AvgIpc) is 3.39. The third-order valence-corrected chi connectivity index (χ3v) is 8.21. The van der Waals surface area contributed by atoms with E-state index >= 15 is 0 Å². The highest BCUT2D eigenvalue weighted by molar-refractivity contribution is 7.99. The number of carbonyl (C=O) groups excluding carboxylic acids is 1. The Balaban J connectivity index is 1.47. The molecule has 3 aromatic rings. The van der Waals surface area contributed by atoms with Crippen molar-refractivity contribution in [1.29, 1.82) is 0 Å². The molecule has 1 aliphatic rings. The zero-order valence-electron chi connectivity index (χ0n) is 18.1. The number of ketones is 1. The highest BCUT2D eigenvalue weighted by atomic mass is 32.2. The molecular weight excluding hydrogens is 452 g/mol. The highest BCUT2D eigenvalue weighted by Gasteiger charge is 2.27. The first-order chi connectivity index (χ1) is 15.3. The van der Waals surface area contributed by atoms with Crippen molar-refractivity contribution in [3.05, 3.63) is 47.3 Å². The van der Waals surface area contributed by atoms with Crippen molar-refractivity contribution in [2.24, 2.45) is 7.05 Å². The molecule has 0 spiro atoms. The van der Waals surface area contributed by atoms with E-state index in [1.807, 2.05) is 31.5 Å². The first kappa shape index (κ1) is 22.7. The van der Waals surface area contributed by atoms with E-state index in [4.69, 9.17) is 9.15 Å². The molecule has 0 amide bonds. The van der Waals surface area contributed by atoms with E-state index in [-0.39, 0.29) is 27.5 Å². The molecule has 0 bridgehead atoms. The zero-order valence-corrected chi connectivity index (χ0v) is 19.7. The summed E-state index contributed by atoms with van der Waals surface area (Å²) in [6, 6.07) is 8.29. The standard InChI is InChI=1S/C21H24N4O5S2/c1-14-11-18(15(2)24(14)3)19(26)13-31-21-23-22-20(30-21)16-5-4-6-17(12-16)32(27,28)25-7-9-29-10-8-25/h4-6,11-12H,7-10,13H2,1-3H3. The molecule has 1 aliphatic heterocycles. The van der Waals surface area contributed by atoms with E-state index in [1.54, 1.807) is 18.2 Å². The second-order valence-electron chi connectivity index (χ2n) is 7.47. The van der Waals surface area contributed by atoms with E-state index in [2.05, 4.69) is 10.2 Å². The Morgan fingerprint density at radius 1 is 1.16 bits per heavy atom. The van der Waals surface area contributed by atoms with Crippen molar-refractivity contribution in [3.8, 4) is 11.5 Å². The second kappa shape index (κ2) is 9.18. The number of ether oxygens (including phenoxy) is 1. The van der Waals surface area contributed by atoms with E-state index < -0.39 is 10.0 Å². The first-order valence-electron chi connectivity index (χ1n) is 10.1. The number of hydrogen-bond donors (Lipinski definition) is 0. The van der Waals surface area contributed by atoms with Crippen LogP contribution >= 0.6 is 11.8 Å². The van der Waals surface area contributed by atoms with Crippen molar-refractivity contribution in [2.45, 2.75) is 24.0 Å². The summed E-state index contributed by atoms with van der Waals surface area (Å²) in [6.45, 7) is 5.26. The average molecular weight is 477 g/mol. The molecule has 32 heavy (non-hydrogen) atoms. The van der Waals surface area contributed by atoms with Gasteiger partial charge in [-0.15, -0.1) is 10.2 Å². The van der Waals surface area contributed by atoms with Crippen molar-refractivity contribution < 1.29 is 22.4 Å². The van der Waals surface area contributed by atoms with Gasteiger partial charge in [0, 0.05) is 42.7 Å². The lowest BCUT2D eigenvalue weighted by Crippen LogP contribution is -2.40. The van der Waals surface area contributed by atoms with Gasteiger partial charge in [-0.05, 0) is 38.1 Å². The number of aromatic nitrogens is 3. The van der Waals surface area contributed by atoms with Gasteiger partial charge < -0.3 is 13.7 Å². The number of Topliss-reactive ketones (excluding diaryl/α,β-unsaturated/α-hetero) is 1. The van der Waals surface area contributed by atoms with Crippen LogP contribution in [-0.4, -0.2) is 65.3 Å². The summed E-state index contributed by atoms with van der Waals surface area (Å²) in [7, 11) is -1.71. The molecule has 0 unspecified atom stereocenters. The van der Waals surface area contributed by atoms with Gasteiger partial charge >= 0.3 is 0 Å². The number of aryl methyl sites for hydroxylation is 1. The molecule has 1 fully saturated rings. The molecule has 4 rings (SSSR count). The molecule has 0 N–H and O–H groups in total. The van der Waals surface area contributed by atoms with Crippen LogP contribution in [-0.2, 0) is 21.8 Å². The Kier molecular flexibility index (Phi) is 6.52. The van der Waals surface area contributed by atoms with Gasteiger partial charge in [0.25, 0.3) is 5.22 Å². The normalized spacial score (nSPS) is 15.2. The van der Waals surface area contributed by atoms with Crippen LogP contribution in [0.3, 0.4) is 0 Å². The summed E-state index contributed by atoms with van der Waals surface area (Å²) < 4.78 is 40.1. The van der Waals surface area contributed by atoms with Crippen LogP contribution in [0.1, 0.15) is 21.7 Å². The van der Waals surface area contributed by atoms with E-state index in [0.717, 1.165) is 23.1 Å². The molecule has 9 nitrogen and oxygen atoms in total. The Morgan fingerprint density at radius 2 is 1.91 bits per heavy atom. The Bertz CT molecular complexity index is 1240. The second-order valence-corrected chi connectivity index (χ2v) is 10.3. The number of carbonyl (C=O) groups is 1. The molecule has 0 atom stereocenters. The lowest BCUT2D eigenvalue weighted by molar-refractivity contribution is 0.0730. The summed E-state index contributed by atoms with van der Waals surface area (Å²) >= 11 is 1.16. The lowest BCUT2D eigenvalue weighted by Gasteiger charge is -2.26. The molecule has 1 aromatic carbocycles. The van der Waals surface area contributed by atoms with Gasteiger partial charge in [-0.2, -0.15) is 4.31 Å². The van der Waals surface area contributed by atoms with Crippen molar-refractivity contribution >= 4 is 27.6 Å². The number of rotatable bonds is 7. The number of morpholine rings is 1. The molecule has 0 aliphatic carbocycles. The molecule has 3 heterocycles. The maximum Gasteiger partial charge on any atom is 0.277 e. The fraction of sp³-hybridized carbons (Fsp3) is 0.381. The highest BCUT2D eigenvalue weighted by Crippen LogP contribution is 2.27. The molecule has 1 saturated heterocycles. The molecule has 0 radical (unpaired) electrons. The molecule has 170 valence electrons. The smallest absolute Gasteiger partial charge is 0.277 e. The van der Waals surface area contributed by atoms with Crippen LogP contribution in [0.15, 0.2) is 44.9 Å². The molecule has 0 saturated carbocycles. The molecule has 11 heteroatoms. The quantitative estimate of drug-likeness (QED) is 0.378. The summed E-state index contributed by atoms with van der Waals surface area (Å²) in [4.78, 5) is 12.7. The minimum absolute atomic E-state index is 0.0189. The van der Waals surface area contributed by atoms with Crippen molar-refractivity contribution in [1.82, 2.24) is 19.1 Å². The summed E-state index contributed by atoms with van der Waals surface area (Å²) in [5, 5.41) is 8.27. The van der Waals surface area contributed by atoms with Crippen LogP contribution < -0.4 is 0 Å². The molecule has 2 aromatic heterocycles. The maximum absolute atomic E-state index is 12.9. The summed E-state index contributed by atoms with van der Waals surface area (Å²) in [5.41, 5.74) is 3.11. The third kappa shape index (κ3) is 4.51. The lowest BCUT2D eigenvalue weighted by atomic mass is 10.2. The summed E-state index contributed by atoms with van der Waals surface area (Å²) in [5.74, 6) is 0.345. The number of nitrogens with zero attached hydrogens (tertiary/aromatic N) is 4. The van der Waals surface area contributed by atoms with Crippen molar-refractivity contribution in [3.63, 3.8) is 0 Å². The van der Waals surface area contributed by atoms with Gasteiger partial charge in [0.15, 0.2) is 5.78 Å². The maximum atomic E-state index is 12.9. The fourth-order valence-electron chi connectivity index (χ4n) is 3.45. The van der Waals surface area contributed by atoms with Crippen LogP contribution in [0.4, 0.5) is 0 Å². The zero-order chi connectivity index (χ0) is 22.9. The Labute approximate surface area is 190 Å². The van der Waals surface area contributed by atoms with Gasteiger partial charge in [-0.1, -0.05) is 17.8 Å². The van der Waals surface area contributed by atoms with Crippen molar-refractivity contribution in [2.75, 3.05) is 32.1 Å². The minimum Gasteiger partial charge on any atom is -0.411 e. The largest absolute Gasteiger partial charge is 0.411 e. The number of benzene rings is 1. The SMILES string of the molecule is Cc1cc(C(=O)CSc2nnc(-c3cccc(S(=O)(=O)N4CCOCC4)c3)o2)c(C)n1C. The minimum atomic E-state index is -3.63. The van der Waals surface area contributed by atoms with E-state index in [0.29, 0.717) is 37.4 Å².